The number of fused-ring (bicyclic) bond motifs is 3. The van der Waals surface area contributed by atoms with Gasteiger partial charge in [0.25, 0.3) is 0 Å². The van der Waals surface area contributed by atoms with Gasteiger partial charge in [-0.25, -0.2) is 9.97 Å². The lowest BCUT2D eigenvalue weighted by Gasteiger charge is -2.39. The van der Waals surface area contributed by atoms with Crippen molar-refractivity contribution in [1.82, 2.24) is 9.97 Å². The summed E-state index contributed by atoms with van der Waals surface area (Å²) in [4.78, 5) is 11.0. The van der Waals surface area contributed by atoms with Crippen molar-refractivity contribution in [2.75, 3.05) is 18.9 Å². The maximum absolute atomic E-state index is 6.03. The topological polar surface area (TPSA) is 61.0 Å². The van der Waals surface area contributed by atoms with E-state index in [0.29, 0.717) is 11.2 Å². The molecule has 19 heavy (non-hydrogen) atoms. The Balaban J connectivity index is 1.79. The molecule has 1 unspecified atom stereocenters. The molecule has 0 saturated carbocycles. The number of aromatic nitrogens is 2. The van der Waals surface area contributed by atoms with Gasteiger partial charge in [-0.05, 0) is 43.1 Å². The van der Waals surface area contributed by atoms with E-state index in [-0.39, 0.29) is 0 Å². The largest absolute Gasteiger partial charge is 0.383 e. The molecular formula is C14H17N3OS. The molecule has 4 rings (SSSR count). The van der Waals surface area contributed by atoms with Gasteiger partial charge >= 0.3 is 0 Å². The molecule has 2 aromatic rings. The summed E-state index contributed by atoms with van der Waals surface area (Å²) in [6.07, 6.45) is 7.49. The molecule has 2 N–H and O–H groups in total. The van der Waals surface area contributed by atoms with E-state index in [1.807, 2.05) is 0 Å². The molecule has 0 radical (unpaired) electrons. The zero-order valence-electron chi connectivity index (χ0n) is 10.8. The molecule has 0 amide bonds. The van der Waals surface area contributed by atoms with E-state index in [2.05, 4.69) is 9.97 Å². The monoisotopic (exact) mass is 275 g/mol. The van der Waals surface area contributed by atoms with Crippen LogP contribution in [0.15, 0.2) is 6.33 Å². The Morgan fingerprint density at radius 2 is 2.26 bits per heavy atom. The molecule has 1 fully saturated rings. The maximum Gasteiger partial charge on any atom is 0.135 e. The van der Waals surface area contributed by atoms with Crippen molar-refractivity contribution in [3.8, 4) is 0 Å². The average Bonchev–Trinajstić information content (AvgIpc) is 2.78. The van der Waals surface area contributed by atoms with Crippen LogP contribution >= 0.6 is 11.3 Å². The predicted octanol–water partition coefficient (Wildman–Crippen LogP) is 2.56. The molecule has 1 aliphatic carbocycles. The van der Waals surface area contributed by atoms with Gasteiger partial charge in [-0.1, -0.05) is 0 Å². The van der Waals surface area contributed by atoms with E-state index in [4.69, 9.17) is 10.5 Å². The Morgan fingerprint density at radius 3 is 3.11 bits per heavy atom. The summed E-state index contributed by atoms with van der Waals surface area (Å²) in [5.74, 6) is 0.637. The molecule has 1 spiro atoms. The number of hydrogen-bond acceptors (Lipinski definition) is 5. The number of thiophene rings is 1. The van der Waals surface area contributed by atoms with Crippen LogP contribution in [0.5, 0.6) is 0 Å². The number of aryl methyl sites for hydroxylation is 1. The normalized spacial score (nSPS) is 26.7. The molecule has 1 atom stereocenters. The minimum absolute atomic E-state index is 0.369. The summed E-state index contributed by atoms with van der Waals surface area (Å²) in [6.45, 7) is 1.85. The van der Waals surface area contributed by atoms with Crippen LogP contribution in [0.25, 0.3) is 10.2 Å². The fourth-order valence-corrected chi connectivity index (χ4v) is 4.90. The van der Waals surface area contributed by atoms with Crippen LogP contribution < -0.4 is 5.73 Å². The second kappa shape index (κ2) is 4.15. The van der Waals surface area contributed by atoms with Crippen molar-refractivity contribution in [3.05, 3.63) is 16.8 Å². The number of rotatable bonds is 0. The van der Waals surface area contributed by atoms with E-state index in [1.54, 1.807) is 17.7 Å². The van der Waals surface area contributed by atoms with Gasteiger partial charge in [-0.3, -0.25) is 0 Å². The summed E-state index contributed by atoms with van der Waals surface area (Å²) in [6, 6.07) is 0. The lowest BCUT2D eigenvalue weighted by molar-refractivity contribution is -0.0146. The van der Waals surface area contributed by atoms with E-state index in [0.717, 1.165) is 36.3 Å². The number of nitrogens with zero attached hydrogens (tertiary/aromatic N) is 2. The van der Waals surface area contributed by atoms with Crippen molar-refractivity contribution >= 4 is 27.4 Å². The minimum atomic E-state index is 0.369. The number of anilines is 1. The number of hydrogen-bond donors (Lipinski definition) is 1. The molecule has 1 aliphatic heterocycles. The third-order valence-corrected chi connectivity index (χ3v) is 5.68. The first-order valence-corrected chi connectivity index (χ1v) is 7.68. The third kappa shape index (κ3) is 1.75. The lowest BCUT2D eigenvalue weighted by Crippen LogP contribution is -2.36. The van der Waals surface area contributed by atoms with E-state index < -0.39 is 0 Å². The summed E-state index contributed by atoms with van der Waals surface area (Å²) in [5, 5.41) is 1.11. The van der Waals surface area contributed by atoms with Gasteiger partial charge in [0, 0.05) is 11.5 Å². The molecule has 3 heterocycles. The smallest absolute Gasteiger partial charge is 0.135 e. The van der Waals surface area contributed by atoms with Crippen molar-refractivity contribution < 1.29 is 4.74 Å². The highest BCUT2D eigenvalue weighted by molar-refractivity contribution is 7.19. The van der Waals surface area contributed by atoms with Crippen molar-refractivity contribution in [2.24, 2.45) is 5.41 Å². The maximum atomic E-state index is 6.03. The first kappa shape index (κ1) is 11.6. The van der Waals surface area contributed by atoms with Crippen LogP contribution in [-0.2, 0) is 17.6 Å². The van der Waals surface area contributed by atoms with Gasteiger partial charge in [-0.2, -0.15) is 0 Å². The molecule has 100 valence electrons. The fourth-order valence-electron chi connectivity index (χ4n) is 3.53. The van der Waals surface area contributed by atoms with Gasteiger partial charge < -0.3 is 10.5 Å². The Hall–Kier alpha value is -1.20. The van der Waals surface area contributed by atoms with Crippen molar-refractivity contribution in [2.45, 2.75) is 32.1 Å². The Labute approximate surface area is 116 Å². The van der Waals surface area contributed by atoms with Crippen LogP contribution in [0.1, 0.15) is 29.7 Å². The van der Waals surface area contributed by atoms with Crippen LogP contribution in [0.4, 0.5) is 5.82 Å². The Morgan fingerprint density at radius 1 is 1.32 bits per heavy atom. The SMILES string of the molecule is Nc1ncnc2sc3c(c12)CCC1(CCCOC1)C3. The Kier molecular flexibility index (Phi) is 2.53. The van der Waals surface area contributed by atoms with Crippen LogP contribution in [0.2, 0.25) is 0 Å². The van der Waals surface area contributed by atoms with E-state index >= 15 is 0 Å². The Bertz CT molecular complexity index is 631. The molecule has 1 saturated heterocycles. The highest BCUT2D eigenvalue weighted by atomic mass is 32.1. The summed E-state index contributed by atoms with van der Waals surface area (Å²) < 4.78 is 5.73. The second-order valence-corrected chi connectivity index (χ2v) is 6.86. The first-order valence-electron chi connectivity index (χ1n) is 6.86. The standard InChI is InChI=1S/C14H17N3OS/c15-12-11-9-2-4-14(3-1-5-18-7-14)6-10(9)19-13(11)17-8-16-12/h8H,1-7H2,(H2,15,16,17). The lowest BCUT2D eigenvalue weighted by atomic mass is 9.71. The number of ether oxygens (including phenoxy) is 1. The molecule has 2 aliphatic rings. The van der Waals surface area contributed by atoms with Gasteiger partial charge in [0.2, 0.25) is 0 Å². The summed E-state index contributed by atoms with van der Waals surface area (Å²) >= 11 is 1.79. The van der Waals surface area contributed by atoms with Crippen molar-refractivity contribution in [3.63, 3.8) is 0 Å². The van der Waals surface area contributed by atoms with Crippen LogP contribution in [0, 0.1) is 5.41 Å². The zero-order valence-corrected chi connectivity index (χ0v) is 11.6. The zero-order chi connectivity index (χ0) is 12.9. The molecular weight excluding hydrogens is 258 g/mol. The van der Waals surface area contributed by atoms with E-state index in [1.165, 1.54) is 29.7 Å². The number of nitrogens with two attached hydrogens (primary N) is 1. The molecule has 2 aromatic heterocycles. The average molecular weight is 275 g/mol. The van der Waals surface area contributed by atoms with E-state index in [9.17, 15) is 0 Å². The number of nitrogen functional groups attached to an aromatic ring is 1. The highest BCUT2D eigenvalue weighted by Crippen LogP contribution is 2.46. The minimum Gasteiger partial charge on any atom is -0.383 e. The first-order chi connectivity index (χ1) is 9.27. The van der Waals surface area contributed by atoms with Gasteiger partial charge in [-0.15, -0.1) is 11.3 Å². The summed E-state index contributed by atoms with van der Waals surface area (Å²) in [7, 11) is 0. The molecule has 0 bridgehead atoms. The quantitative estimate of drug-likeness (QED) is 0.802. The fraction of sp³-hybridized carbons (Fsp3) is 0.571. The third-order valence-electron chi connectivity index (χ3n) is 4.54. The molecule has 5 heteroatoms. The molecule has 0 aromatic carbocycles. The van der Waals surface area contributed by atoms with Gasteiger partial charge in [0.05, 0.1) is 12.0 Å². The van der Waals surface area contributed by atoms with Gasteiger partial charge in [0.15, 0.2) is 0 Å². The predicted molar refractivity (Wildman–Crippen MR) is 76.3 cm³/mol. The summed E-state index contributed by atoms with van der Waals surface area (Å²) in [5.41, 5.74) is 7.79. The highest BCUT2D eigenvalue weighted by Gasteiger charge is 2.38. The van der Waals surface area contributed by atoms with Crippen LogP contribution in [0.3, 0.4) is 0 Å². The van der Waals surface area contributed by atoms with Gasteiger partial charge in [0.1, 0.15) is 17.0 Å². The second-order valence-electron chi connectivity index (χ2n) is 5.78. The van der Waals surface area contributed by atoms with Crippen LogP contribution in [-0.4, -0.2) is 23.2 Å². The molecule has 4 nitrogen and oxygen atoms in total. The van der Waals surface area contributed by atoms with Crippen molar-refractivity contribution in [1.29, 1.82) is 0 Å².